The van der Waals surface area contributed by atoms with Crippen LogP contribution in [-0.4, -0.2) is 33.0 Å². The van der Waals surface area contributed by atoms with Gasteiger partial charge in [0.05, 0.1) is 11.8 Å². The summed E-state index contributed by atoms with van der Waals surface area (Å²) in [4.78, 5) is 29.6. The molecule has 0 spiro atoms. The summed E-state index contributed by atoms with van der Waals surface area (Å²) >= 11 is 7.13. The van der Waals surface area contributed by atoms with Crippen LogP contribution in [0.3, 0.4) is 0 Å². The lowest BCUT2D eigenvalue weighted by Gasteiger charge is -2.23. The molecule has 3 aromatic carbocycles. The normalized spacial score (nSPS) is 19.3. The zero-order valence-electron chi connectivity index (χ0n) is 19.3. The van der Waals surface area contributed by atoms with E-state index in [1.54, 1.807) is 41.4 Å². The molecule has 2 aliphatic rings. The predicted molar refractivity (Wildman–Crippen MR) is 142 cm³/mol. The summed E-state index contributed by atoms with van der Waals surface area (Å²) in [5.41, 5.74) is 4.36. The molecule has 1 N–H and O–H groups in total. The Morgan fingerprint density at radius 3 is 2.47 bits per heavy atom. The summed E-state index contributed by atoms with van der Waals surface area (Å²) in [6.45, 7) is 2.02. The summed E-state index contributed by atoms with van der Waals surface area (Å²) < 4.78 is 13.5. The van der Waals surface area contributed by atoms with Crippen molar-refractivity contribution in [2.24, 2.45) is 10.1 Å². The van der Waals surface area contributed by atoms with Gasteiger partial charge < -0.3 is 5.32 Å². The van der Waals surface area contributed by atoms with Crippen LogP contribution < -0.4 is 5.32 Å². The van der Waals surface area contributed by atoms with Crippen molar-refractivity contribution in [2.45, 2.75) is 31.1 Å². The highest BCUT2D eigenvalue weighted by Gasteiger charge is 2.39. The van der Waals surface area contributed by atoms with Crippen LogP contribution >= 0.6 is 23.4 Å². The van der Waals surface area contributed by atoms with E-state index in [9.17, 15) is 14.0 Å². The fourth-order valence-electron chi connectivity index (χ4n) is 4.07. The summed E-state index contributed by atoms with van der Waals surface area (Å²) in [6, 6.07) is 20.9. The van der Waals surface area contributed by atoms with E-state index in [1.807, 2.05) is 31.2 Å². The number of aliphatic imine (C=N–C) groups is 1. The van der Waals surface area contributed by atoms with Gasteiger partial charge in [-0.1, -0.05) is 65.3 Å². The lowest BCUT2D eigenvalue weighted by atomic mass is 9.98. The van der Waals surface area contributed by atoms with Gasteiger partial charge in [0, 0.05) is 23.6 Å². The van der Waals surface area contributed by atoms with Gasteiger partial charge in [-0.2, -0.15) is 10.1 Å². The van der Waals surface area contributed by atoms with Crippen LogP contribution in [0.1, 0.15) is 35.6 Å². The molecule has 182 valence electrons. The van der Waals surface area contributed by atoms with Crippen molar-refractivity contribution >= 4 is 51.7 Å². The summed E-state index contributed by atoms with van der Waals surface area (Å²) in [7, 11) is 0. The Hall–Kier alpha value is -3.49. The molecule has 9 heteroatoms. The summed E-state index contributed by atoms with van der Waals surface area (Å²) in [6.07, 6.45) is 0.556. The van der Waals surface area contributed by atoms with E-state index in [1.165, 1.54) is 23.9 Å². The van der Waals surface area contributed by atoms with Crippen molar-refractivity contribution in [3.8, 4) is 0 Å². The van der Waals surface area contributed by atoms with E-state index in [2.05, 4.69) is 10.3 Å². The third kappa shape index (κ3) is 5.34. The largest absolute Gasteiger partial charge is 0.326 e. The predicted octanol–water partition coefficient (Wildman–Crippen LogP) is 5.97. The highest BCUT2D eigenvalue weighted by atomic mass is 35.5. The molecule has 0 aromatic heterocycles. The monoisotopic (exact) mass is 520 g/mol. The molecule has 6 nitrogen and oxygen atoms in total. The first-order valence-corrected chi connectivity index (χ1v) is 12.7. The number of nitrogens with one attached hydrogen (secondary N) is 1. The lowest BCUT2D eigenvalue weighted by molar-refractivity contribution is -0.121. The zero-order chi connectivity index (χ0) is 25.2. The number of nitrogens with zero attached hydrogens (tertiary/aromatic N) is 3. The molecule has 2 unspecified atom stereocenters. The summed E-state index contributed by atoms with van der Waals surface area (Å²) in [5, 5.41) is 9.71. The van der Waals surface area contributed by atoms with E-state index >= 15 is 0 Å². The van der Waals surface area contributed by atoms with E-state index < -0.39 is 5.25 Å². The highest BCUT2D eigenvalue weighted by molar-refractivity contribution is 8.15. The van der Waals surface area contributed by atoms with E-state index in [0.29, 0.717) is 22.3 Å². The molecule has 2 amide bonds. The van der Waals surface area contributed by atoms with Crippen LogP contribution in [0.25, 0.3) is 0 Å². The van der Waals surface area contributed by atoms with Gasteiger partial charge in [-0.15, -0.1) is 0 Å². The van der Waals surface area contributed by atoms with Crippen molar-refractivity contribution in [1.82, 2.24) is 5.01 Å². The molecule has 2 atom stereocenters. The molecule has 5 rings (SSSR count). The van der Waals surface area contributed by atoms with Crippen LogP contribution in [0.4, 0.5) is 10.1 Å². The van der Waals surface area contributed by atoms with Gasteiger partial charge >= 0.3 is 0 Å². The Labute approximate surface area is 217 Å². The van der Waals surface area contributed by atoms with Crippen molar-refractivity contribution < 1.29 is 14.0 Å². The van der Waals surface area contributed by atoms with Gasteiger partial charge in [0.2, 0.25) is 5.91 Å². The van der Waals surface area contributed by atoms with Gasteiger partial charge in [-0.25, -0.2) is 9.40 Å². The molecule has 2 aliphatic heterocycles. The minimum atomic E-state index is -0.643. The van der Waals surface area contributed by atoms with Crippen LogP contribution in [0.5, 0.6) is 0 Å². The first-order valence-electron chi connectivity index (χ1n) is 11.4. The average Bonchev–Trinajstić information content (AvgIpc) is 3.45. The molecule has 0 saturated heterocycles. The molecule has 3 aromatic rings. The fraction of sp³-hybridized carbons (Fsp3) is 0.185. The third-order valence-electron chi connectivity index (χ3n) is 5.97. The number of halogens is 2. The first kappa shape index (κ1) is 24.2. The second-order valence-corrected chi connectivity index (χ2v) is 10.2. The second-order valence-electron chi connectivity index (χ2n) is 8.63. The molecule has 0 saturated carbocycles. The maximum Gasteiger partial charge on any atom is 0.262 e. The molecule has 0 fully saturated rings. The minimum Gasteiger partial charge on any atom is -0.326 e. The van der Waals surface area contributed by atoms with Gasteiger partial charge in [-0.3, -0.25) is 9.59 Å². The van der Waals surface area contributed by atoms with Gasteiger partial charge in [0.15, 0.2) is 5.17 Å². The number of hydrogen-bond donors (Lipinski definition) is 1. The highest BCUT2D eigenvalue weighted by Crippen LogP contribution is 2.38. The molecule has 2 heterocycles. The Bertz CT molecular complexity index is 1360. The van der Waals surface area contributed by atoms with Crippen LogP contribution in [0, 0.1) is 12.7 Å². The van der Waals surface area contributed by atoms with Crippen molar-refractivity contribution in [3.05, 3.63) is 100 Å². The number of benzene rings is 3. The van der Waals surface area contributed by atoms with E-state index in [4.69, 9.17) is 16.7 Å². The third-order valence-corrected chi connectivity index (χ3v) is 7.37. The van der Waals surface area contributed by atoms with E-state index in [0.717, 1.165) is 22.4 Å². The standard InChI is InChI=1S/C27H22ClFN4O2S/c1-16-2-4-18(5-3-16)23-14-22(17-6-10-20(29)11-7-17)32-33(23)27-31-26(35)24(36-27)15-25(34)30-21-12-8-19(28)9-13-21/h2-13,23-24H,14-15H2,1H3,(H,30,34). The van der Waals surface area contributed by atoms with Gasteiger partial charge in [-0.05, 0) is 54.4 Å². The van der Waals surface area contributed by atoms with Crippen molar-refractivity contribution in [1.29, 1.82) is 0 Å². The van der Waals surface area contributed by atoms with Crippen LogP contribution in [0.2, 0.25) is 5.02 Å². The fourth-order valence-corrected chi connectivity index (χ4v) is 5.26. The Morgan fingerprint density at radius 1 is 1.08 bits per heavy atom. The first-order chi connectivity index (χ1) is 17.4. The molecule has 0 bridgehead atoms. The van der Waals surface area contributed by atoms with Crippen molar-refractivity contribution in [2.75, 3.05) is 5.32 Å². The maximum atomic E-state index is 13.5. The Morgan fingerprint density at radius 2 is 1.78 bits per heavy atom. The molecular weight excluding hydrogens is 499 g/mol. The number of rotatable bonds is 5. The zero-order valence-corrected chi connectivity index (χ0v) is 20.9. The number of amidine groups is 1. The van der Waals surface area contributed by atoms with Gasteiger partial charge in [0.1, 0.15) is 11.1 Å². The number of hydrogen-bond acceptors (Lipinski definition) is 5. The average molecular weight is 521 g/mol. The smallest absolute Gasteiger partial charge is 0.262 e. The molecular formula is C27H22ClFN4O2S. The minimum absolute atomic E-state index is 0.0172. The number of carbonyl (C=O) groups excluding carboxylic acids is 2. The number of hydrazone groups is 1. The quantitative estimate of drug-likeness (QED) is 0.450. The Balaban J connectivity index is 1.35. The number of carbonyl (C=O) groups is 2. The van der Waals surface area contributed by atoms with Crippen molar-refractivity contribution in [3.63, 3.8) is 0 Å². The number of amides is 2. The maximum absolute atomic E-state index is 13.5. The lowest BCUT2D eigenvalue weighted by Crippen LogP contribution is -2.25. The summed E-state index contributed by atoms with van der Waals surface area (Å²) in [5.74, 6) is -0.966. The Kier molecular flexibility index (Phi) is 6.89. The number of thioether (sulfide) groups is 1. The number of anilines is 1. The molecule has 0 aliphatic carbocycles. The van der Waals surface area contributed by atoms with Crippen LogP contribution in [-0.2, 0) is 9.59 Å². The molecule has 36 heavy (non-hydrogen) atoms. The number of aryl methyl sites for hydroxylation is 1. The second kappa shape index (κ2) is 10.2. The van der Waals surface area contributed by atoms with Gasteiger partial charge in [0.25, 0.3) is 5.91 Å². The van der Waals surface area contributed by atoms with Crippen LogP contribution in [0.15, 0.2) is 82.9 Å². The molecule has 0 radical (unpaired) electrons. The SMILES string of the molecule is Cc1ccc(C2CC(c3ccc(F)cc3)=NN2C2=NC(=O)C(CC(=O)Nc3ccc(Cl)cc3)S2)cc1. The topological polar surface area (TPSA) is 74.1 Å². The van der Waals surface area contributed by atoms with E-state index in [-0.39, 0.29) is 30.1 Å².